The van der Waals surface area contributed by atoms with Gasteiger partial charge in [-0.1, -0.05) is 16.4 Å². The number of hydrogen-bond acceptors (Lipinski definition) is 11. The van der Waals surface area contributed by atoms with Gasteiger partial charge in [-0.25, -0.2) is 0 Å². The van der Waals surface area contributed by atoms with Crippen molar-refractivity contribution in [2.45, 2.75) is 5.92 Å². The lowest BCUT2D eigenvalue weighted by molar-refractivity contribution is 0.407. The molecule has 2 heterocycles. The van der Waals surface area contributed by atoms with Crippen molar-refractivity contribution >= 4 is 33.5 Å². The average molecular weight is 390 g/mol. The third-order valence-corrected chi connectivity index (χ3v) is 5.11. The third-order valence-electron chi connectivity index (χ3n) is 3.37. The summed E-state index contributed by atoms with van der Waals surface area (Å²) in [6.07, 6.45) is 0. The highest BCUT2D eigenvalue weighted by molar-refractivity contribution is 7.17. The standard InChI is InChI=1S/C15H14N6O3S2/c1-22-8-4-5-11(17-13-19-21-15(24-3)26-13)9(6-8)10(7-16)12-18-20-14(23-2)25-12/h4-6,10H,1-3H3,(H,17,19). The molecule has 1 unspecified atom stereocenters. The molecule has 3 aromatic rings. The molecule has 3 rings (SSSR count). The van der Waals surface area contributed by atoms with Crippen molar-refractivity contribution in [1.82, 2.24) is 20.4 Å². The van der Waals surface area contributed by atoms with Crippen molar-refractivity contribution in [2.24, 2.45) is 0 Å². The van der Waals surface area contributed by atoms with E-state index in [-0.39, 0.29) is 0 Å². The number of nitrogens with one attached hydrogen (secondary N) is 1. The molecule has 0 aliphatic heterocycles. The van der Waals surface area contributed by atoms with E-state index in [0.29, 0.717) is 37.5 Å². The van der Waals surface area contributed by atoms with E-state index in [9.17, 15) is 5.26 Å². The third kappa shape index (κ3) is 3.66. The van der Waals surface area contributed by atoms with Crippen LogP contribution in [-0.2, 0) is 0 Å². The van der Waals surface area contributed by atoms with E-state index >= 15 is 0 Å². The summed E-state index contributed by atoms with van der Waals surface area (Å²) in [6.45, 7) is 0. The van der Waals surface area contributed by atoms with Crippen LogP contribution in [-0.4, -0.2) is 41.7 Å². The normalized spacial score (nSPS) is 11.5. The molecule has 0 saturated carbocycles. The molecule has 0 radical (unpaired) electrons. The molecule has 0 amide bonds. The van der Waals surface area contributed by atoms with E-state index in [2.05, 4.69) is 31.8 Å². The van der Waals surface area contributed by atoms with Crippen LogP contribution in [0.15, 0.2) is 18.2 Å². The zero-order valence-electron chi connectivity index (χ0n) is 14.1. The summed E-state index contributed by atoms with van der Waals surface area (Å²) in [6, 6.07) is 7.65. The van der Waals surface area contributed by atoms with Crippen LogP contribution >= 0.6 is 22.7 Å². The van der Waals surface area contributed by atoms with Crippen LogP contribution in [0.3, 0.4) is 0 Å². The van der Waals surface area contributed by atoms with Gasteiger partial charge >= 0.3 is 0 Å². The second kappa shape index (κ2) is 7.94. The van der Waals surface area contributed by atoms with Gasteiger partial charge in [0.15, 0.2) is 0 Å². The number of nitriles is 1. The van der Waals surface area contributed by atoms with E-state index in [1.807, 2.05) is 6.07 Å². The molecule has 1 atom stereocenters. The van der Waals surface area contributed by atoms with Crippen LogP contribution in [0, 0.1) is 11.3 Å². The molecule has 134 valence electrons. The number of nitrogens with zero attached hydrogens (tertiary/aromatic N) is 5. The number of rotatable bonds is 7. The lowest BCUT2D eigenvalue weighted by Crippen LogP contribution is -2.04. The molecule has 0 aliphatic rings. The second-order valence-electron chi connectivity index (χ2n) is 4.83. The first-order chi connectivity index (χ1) is 12.7. The topological polar surface area (TPSA) is 115 Å². The maximum Gasteiger partial charge on any atom is 0.295 e. The molecule has 0 spiro atoms. The molecule has 0 bridgehead atoms. The van der Waals surface area contributed by atoms with Gasteiger partial charge in [0.2, 0.25) is 5.13 Å². The first kappa shape index (κ1) is 17.8. The van der Waals surface area contributed by atoms with Crippen LogP contribution in [0.25, 0.3) is 0 Å². The average Bonchev–Trinajstić information content (AvgIpc) is 3.33. The second-order valence-corrected chi connectivity index (χ2v) is 6.74. The molecular formula is C15H14N6O3S2. The fraction of sp³-hybridized carbons (Fsp3) is 0.267. The zero-order valence-corrected chi connectivity index (χ0v) is 15.7. The first-order valence-electron chi connectivity index (χ1n) is 7.28. The molecule has 11 heteroatoms. The molecule has 1 N–H and O–H groups in total. The molecular weight excluding hydrogens is 376 g/mol. The van der Waals surface area contributed by atoms with E-state index in [0.717, 1.165) is 0 Å². The van der Waals surface area contributed by atoms with E-state index < -0.39 is 5.92 Å². The van der Waals surface area contributed by atoms with Gasteiger partial charge in [-0.2, -0.15) is 5.26 Å². The summed E-state index contributed by atoms with van der Waals surface area (Å²) in [4.78, 5) is 0. The summed E-state index contributed by atoms with van der Waals surface area (Å²) in [7, 11) is 4.60. The fourth-order valence-electron chi connectivity index (χ4n) is 2.16. The fourth-order valence-corrected chi connectivity index (χ4v) is 3.45. The highest BCUT2D eigenvalue weighted by Crippen LogP contribution is 2.37. The SMILES string of the molecule is COc1ccc(Nc2nnc(OC)s2)c(C(C#N)c2nnc(OC)s2)c1. The smallest absolute Gasteiger partial charge is 0.295 e. The molecule has 0 fully saturated rings. The summed E-state index contributed by atoms with van der Waals surface area (Å²) in [5.41, 5.74) is 1.37. The van der Waals surface area contributed by atoms with Gasteiger partial charge in [-0.05, 0) is 29.5 Å². The van der Waals surface area contributed by atoms with Crippen molar-refractivity contribution in [3.63, 3.8) is 0 Å². The summed E-state index contributed by atoms with van der Waals surface area (Å²) >= 11 is 2.47. The molecule has 2 aromatic heterocycles. The minimum Gasteiger partial charge on any atom is -0.497 e. The van der Waals surface area contributed by atoms with Crippen molar-refractivity contribution in [3.05, 3.63) is 28.8 Å². The van der Waals surface area contributed by atoms with E-state index in [4.69, 9.17) is 14.2 Å². The lowest BCUT2D eigenvalue weighted by atomic mass is 9.99. The predicted molar refractivity (Wildman–Crippen MR) is 96.7 cm³/mol. The summed E-state index contributed by atoms with van der Waals surface area (Å²) in [5, 5.41) is 30.7. The Kier molecular flexibility index (Phi) is 5.45. The predicted octanol–water partition coefficient (Wildman–Crippen LogP) is 2.81. The Morgan fingerprint density at radius 1 is 1.00 bits per heavy atom. The van der Waals surface area contributed by atoms with Crippen LogP contribution in [0.4, 0.5) is 10.8 Å². The van der Waals surface area contributed by atoms with Gasteiger partial charge < -0.3 is 19.5 Å². The number of methoxy groups -OCH3 is 3. The highest BCUT2D eigenvalue weighted by atomic mass is 32.1. The zero-order chi connectivity index (χ0) is 18.5. The number of aromatic nitrogens is 4. The number of hydrogen-bond donors (Lipinski definition) is 1. The Labute approximate surface area is 157 Å². The highest BCUT2D eigenvalue weighted by Gasteiger charge is 2.23. The molecule has 0 aliphatic carbocycles. The van der Waals surface area contributed by atoms with Crippen LogP contribution in [0.5, 0.6) is 16.1 Å². The van der Waals surface area contributed by atoms with E-state index in [1.165, 1.54) is 36.9 Å². The minimum atomic E-state index is -0.649. The van der Waals surface area contributed by atoms with Gasteiger partial charge in [-0.15, -0.1) is 15.3 Å². The minimum absolute atomic E-state index is 0.395. The van der Waals surface area contributed by atoms with Crippen molar-refractivity contribution < 1.29 is 14.2 Å². The van der Waals surface area contributed by atoms with Crippen LogP contribution < -0.4 is 19.5 Å². The van der Waals surface area contributed by atoms with Crippen LogP contribution in [0.2, 0.25) is 0 Å². The maximum absolute atomic E-state index is 9.75. The quantitative estimate of drug-likeness (QED) is 0.650. The molecule has 1 aromatic carbocycles. The maximum atomic E-state index is 9.75. The van der Waals surface area contributed by atoms with Gasteiger partial charge in [0, 0.05) is 11.3 Å². The Balaban J connectivity index is 2.00. The van der Waals surface area contributed by atoms with Gasteiger partial charge in [-0.3, -0.25) is 0 Å². The largest absolute Gasteiger partial charge is 0.497 e. The first-order valence-corrected chi connectivity index (χ1v) is 8.91. The van der Waals surface area contributed by atoms with Gasteiger partial charge in [0.25, 0.3) is 10.4 Å². The lowest BCUT2D eigenvalue weighted by Gasteiger charge is -2.14. The van der Waals surface area contributed by atoms with Crippen molar-refractivity contribution in [3.8, 4) is 22.2 Å². The Morgan fingerprint density at radius 2 is 1.73 bits per heavy atom. The monoisotopic (exact) mass is 390 g/mol. The Bertz CT molecular complexity index is 936. The number of ether oxygens (including phenoxy) is 3. The molecule has 9 nitrogen and oxygen atoms in total. The number of benzene rings is 1. The van der Waals surface area contributed by atoms with Crippen molar-refractivity contribution in [2.75, 3.05) is 26.6 Å². The van der Waals surface area contributed by atoms with Gasteiger partial charge in [0.05, 0.1) is 27.4 Å². The van der Waals surface area contributed by atoms with Crippen molar-refractivity contribution in [1.29, 1.82) is 5.26 Å². The summed E-state index contributed by atoms with van der Waals surface area (Å²) < 4.78 is 15.4. The van der Waals surface area contributed by atoms with Crippen LogP contribution in [0.1, 0.15) is 16.5 Å². The van der Waals surface area contributed by atoms with Gasteiger partial charge in [0.1, 0.15) is 16.7 Å². The van der Waals surface area contributed by atoms with E-state index in [1.54, 1.807) is 19.2 Å². The molecule has 0 saturated heterocycles. The molecule has 26 heavy (non-hydrogen) atoms. The Hall–Kier alpha value is -2.97. The summed E-state index contributed by atoms with van der Waals surface area (Å²) in [5.74, 6) is -0.0269. The number of anilines is 2. The Morgan fingerprint density at radius 3 is 2.35 bits per heavy atom.